The van der Waals surface area contributed by atoms with E-state index in [1.165, 1.54) is 25.0 Å². The number of halogens is 1. The fourth-order valence-electron chi connectivity index (χ4n) is 2.53. The van der Waals surface area contributed by atoms with E-state index in [2.05, 4.69) is 10.6 Å². The molecule has 0 bridgehead atoms. The highest BCUT2D eigenvalue weighted by Gasteiger charge is 2.22. The summed E-state index contributed by atoms with van der Waals surface area (Å²) >= 11 is 0. The minimum atomic E-state index is -0.376. The highest BCUT2D eigenvalue weighted by Crippen LogP contribution is 2.13. The van der Waals surface area contributed by atoms with Gasteiger partial charge in [-0.25, -0.2) is 4.39 Å². The normalized spacial score (nSPS) is 20.9. The van der Waals surface area contributed by atoms with E-state index in [1.807, 2.05) is 13.8 Å². The van der Waals surface area contributed by atoms with Gasteiger partial charge in [-0.2, -0.15) is 0 Å². The molecule has 1 fully saturated rings. The molecule has 3 nitrogen and oxygen atoms in total. The van der Waals surface area contributed by atoms with Crippen LogP contribution in [0.25, 0.3) is 0 Å². The second kappa shape index (κ2) is 6.15. The summed E-state index contributed by atoms with van der Waals surface area (Å²) in [6.45, 7) is 4.82. The molecule has 1 aromatic rings. The van der Waals surface area contributed by atoms with E-state index in [0.29, 0.717) is 11.6 Å². The minimum Gasteiger partial charge on any atom is -0.348 e. The van der Waals surface area contributed by atoms with E-state index < -0.39 is 0 Å². The largest absolute Gasteiger partial charge is 0.348 e. The molecule has 1 aromatic carbocycles. The third kappa shape index (κ3) is 3.53. The van der Waals surface area contributed by atoms with Crippen LogP contribution in [0.2, 0.25) is 0 Å². The predicted molar refractivity (Wildman–Crippen MR) is 73.7 cm³/mol. The lowest BCUT2D eigenvalue weighted by atomic mass is 9.98. The molecule has 0 spiro atoms. The van der Waals surface area contributed by atoms with Crippen molar-refractivity contribution in [3.8, 4) is 0 Å². The summed E-state index contributed by atoms with van der Waals surface area (Å²) in [4.78, 5) is 12.2. The van der Waals surface area contributed by atoms with Crippen molar-refractivity contribution in [3.63, 3.8) is 0 Å². The van der Waals surface area contributed by atoms with Crippen LogP contribution >= 0.6 is 0 Å². The Kier molecular flexibility index (Phi) is 4.53. The second-order valence-electron chi connectivity index (χ2n) is 5.28. The SMILES string of the molecule is Cc1ccc(F)cc1C(=O)NC(C)C1CCCCN1. The van der Waals surface area contributed by atoms with E-state index in [0.717, 1.165) is 18.5 Å². The number of benzene rings is 1. The smallest absolute Gasteiger partial charge is 0.251 e. The average molecular weight is 264 g/mol. The van der Waals surface area contributed by atoms with Gasteiger partial charge in [-0.3, -0.25) is 4.79 Å². The Balaban J connectivity index is 2.01. The van der Waals surface area contributed by atoms with Gasteiger partial charge >= 0.3 is 0 Å². The number of aryl methyl sites for hydroxylation is 1. The van der Waals surface area contributed by atoms with Crippen LogP contribution in [-0.2, 0) is 0 Å². The Hall–Kier alpha value is -1.42. The summed E-state index contributed by atoms with van der Waals surface area (Å²) in [7, 11) is 0. The van der Waals surface area contributed by atoms with Crippen LogP contribution in [-0.4, -0.2) is 24.5 Å². The number of carbonyl (C=O) groups is 1. The van der Waals surface area contributed by atoms with Gasteiger partial charge in [-0.1, -0.05) is 12.5 Å². The van der Waals surface area contributed by atoms with Crippen molar-refractivity contribution >= 4 is 5.91 Å². The zero-order chi connectivity index (χ0) is 13.8. The highest BCUT2D eigenvalue weighted by molar-refractivity contribution is 5.95. The van der Waals surface area contributed by atoms with Crippen LogP contribution in [0.4, 0.5) is 4.39 Å². The molecule has 1 heterocycles. The molecule has 2 atom stereocenters. The summed E-state index contributed by atoms with van der Waals surface area (Å²) in [6, 6.07) is 4.67. The Bertz CT molecular complexity index is 455. The molecule has 0 saturated carbocycles. The number of rotatable bonds is 3. The van der Waals surface area contributed by atoms with Crippen molar-refractivity contribution in [1.82, 2.24) is 10.6 Å². The lowest BCUT2D eigenvalue weighted by molar-refractivity contribution is 0.0927. The average Bonchev–Trinajstić information content (AvgIpc) is 2.42. The zero-order valence-corrected chi connectivity index (χ0v) is 11.5. The van der Waals surface area contributed by atoms with Crippen LogP contribution in [0.5, 0.6) is 0 Å². The van der Waals surface area contributed by atoms with Crippen LogP contribution < -0.4 is 10.6 Å². The summed E-state index contributed by atoms with van der Waals surface area (Å²) in [6.07, 6.45) is 3.46. The van der Waals surface area contributed by atoms with Gasteiger partial charge in [-0.15, -0.1) is 0 Å². The molecular formula is C15H21FN2O. The summed E-state index contributed by atoms with van der Waals surface area (Å²) in [5.41, 5.74) is 1.21. The number of piperidine rings is 1. The van der Waals surface area contributed by atoms with E-state index in [1.54, 1.807) is 6.07 Å². The first-order chi connectivity index (χ1) is 9.08. The topological polar surface area (TPSA) is 41.1 Å². The quantitative estimate of drug-likeness (QED) is 0.880. The lowest BCUT2D eigenvalue weighted by Crippen LogP contribution is -2.50. The predicted octanol–water partition coefficient (Wildman–Crippen LogP) is 2.39. The fraction of sp³-hybridized carbons (Fsp3) is 0.533. The summed E-state index contributed by atoms with van der Waals surface area (Å²) < 4.78 is 13.2. The first-order valence-electron chi connectivity index (χ1n) is 6.88. The van der Waals surface area contributed by atoms with Gasteiger partial charge < -0.3 is 10.6 Å². The maximum atomic E-state index is 13.2. The molecular weight excluding hydrogens is 243 g/mol. The molecule has 2 unspecified atom stereocenters. The molecule has 4 heteroatoms. The van der Waals surface area contributed by atoms with Gasteiger partial charge in [0.2, 0.25) is 0 Å². The monoisotopic (exact) mass is 264 g/mol. The van der Waals surface area contributed by atoms with E-state index in [-0.39, 0.29) is 17.8 Å². The first-order valence-corrected chi connectivity index (χ1v) is 6.88. The summed E-state index contributed by atoms with van der Waals surface area (Å²) in [5, 5.41) is 6.38. The van der Waals surface area contributed by atoms with Crippen molar-refractivity contribution in [2.45, 2.75) is 45.2 Å². The van der Waals surface area contributed by atoms with Gasteiger partial charge in [0.1, 0.15) is 5.82 Å². The lowest BCUT2D eigenvalue weighted by Gasteiger charge is -2.29. The van der Waals surface area contributed by atoms with Gasteiger partial charge in [0.05, 0.1) is 0 Å². The van der Waals surface area contributed by atoms with E-state index in [9.17, 15) is 9.18 Å². The first kappa shape index (κ1) is 14.0. The molecule has 0 aliphatic carbocycles. The fourth-order valence-corrected chi connectivity index (χ4v) is 2.53. The summed E-state index contributed by atoms with van der Waals surface area (Å²) in [5.74, 6) is -0.573. The van der Waals surface area contributed by atoms with Gasteiger partial charge in [-0.05, 0) is 50.9 Å². The van der Waals surface area contributed by atoms with E-state index in [4.69, 9.17) is 0 Å². The van der Waals surface area contributed by atoms with Crippen molar-refractivity contribution < 1.29 is 9.18 Å². The Morgan fingerprint density at radius 1 is 1.47 bits per heavy atom. The van der Waals surface area contributed by atoms with Crippen LogP contribution in [0.1, 0.15) is 42.1 Å². The van der Waals surface area contributed by atoms with Crippen LogP contribution in [0, 0.1) is 12.7 Å². The molecule has 19 heavy (non-hydrogen) atoms. The molecule has 1 amide bonds. The Morgan fingerprint density at radius 3 is 2.95 bits per heavy atom. The third-order valence-electron chi connectivity index (χ3n) is 3.75. The minimum absolute atomic E-state index is 0.0514. The standard InChI is InChI=1S/C15H21FN2O/c1-10-6-7-12(16)9-13(10)15(19)18-11(2)14-5-3-4-8-17-14/h6-7,9,11,14,17H,3-5,8H2,1-2H3,(H,18,19). The molecule has 1 aliphatic heterocycles. The molecule has 1 aliphatic rings. The molecule has 2 N–H and O–H groups in total. The highest BCUT2D eigenvalue weighted by atomic mass is 19.1. The Labute approximate surface area is 113 Å². The third-order valence-corrected chi connectivity index (χ3v) is 3.75. The molecule has 1 saturated heterocycles. The molecule has 0 radical (unpaired) electrons. The maximum Gasteiger partial charge on any atom is 0.251 e. The van der Waals surface area contributed by atoms with Crippen molar-refractivity contribution in [3.05, 3.63) is 35.1 Å². The molecule has 104 valence electrons. The van der Waals surface area contributed by atoms with Crippen molar-refractivity contribution in [2.75, 3.05) is 6.54 Å². The number of nitrogens with one attached hydrogen (secondary N) is 2. The molecule has 2 rings (SSSR count). The van der Waals surface area contributed by atoms with Crippen molar-refractivity contribution in [1.29, 1.82) is 0 Å². The molecule has 0 aromatic heterocycles. The van der Waals surface area contributed by atoms with Crippen LogP contribution in [0.3, 0.4) is 0 Å². The van der Waals surface area contributed by atoms with Crippen molar-refractivity contribution in [2.24, 2.45) is 0 Å². The number of carbonyl (C=O) groups excluding carboxylic acids is 1. The Morgan fingerprint density at radius 2 is 2.26 bits per heavy atom. The number of hydrogen-bond acceptors (Lipinski definition) is 2. The number of amides is 1. The van der Waals surface area contributed by atoms with Gasteiger partial charge in [0.25, 0.3) is 5.91 Å². The van der Waals surface area contributed by atoms with Gasteiger partial charge in [0, 0.05) is 17.6 Å². The van der Waals surface area contributed by atoms with Crippen LogP contribution in [0.15, 0.2) is 18.2 Å². The zero-order valence-electron chi connectivity index (χ0n) is 11.5. The second-order valence-corrected chi connectivity index (χ2v) is 5.28. The van der Waals surface area contributed by atoms with E-state index >= 15 is 0 Å². The number of hydrogen-bond donors (Lipinski definition) is 2. The van der Waals surface area contributed by atoms with Gasteiger partial charge in [0.15, 0.2) is 0 Å². The maximum absolute atomic E-state index is 13.2.